The molecule has 2 aromatic carbocycles. The van der Waals surface area contributed by atoms with Crippen molar-refractivity contribution in [1.82, 2.24) is 4.90 Å². The molecule has 0 aliphatic carbocycles. The summed E-state index contributed by atoms with van der Waals surface area (Å²) in [6.07, 6.45) is 0.871. The van der Waals surface area contributed by atoms with Crippen molar-refractivity contribution in [2.24, 2.45) is 0 Å². The Morgan fingerprint density at radius 1 is 1.00 bits per heavy atom. The maximum absolute atomic E-state index is 12.8. The maximum atomic E-state index is 12.8. The van der Waals surface area contributed by atoms with Crippen LogP contribution in [0.4, 0.5) is 16.2 Å². The number of aryl methyl sites for hydroxylation is 2. The van der Waals surface area contributed by atoms with Crippen LogP contribution in [0.3, 0.4) is 0 Å². The van der Waals surface area contributed by atoms with Crippen LogP contribution in [0.5, 0.6) is 0 Å². The van der Waals surface area contributed by atoms with Crippen molar-refractivity contribution in [1.29, 1.82) is 0 Å². The van der Waals surface area contributed by atoms with Crippen LogP contribution >= 0.6 is 0 Å². The van der Waals surface area contributed by atoms with Gasteiger partial charge in [-0.1, -0.05) is 37.3 Å². The molecule has 0 spiro atoms. The number of piperazine rings is 1. The molecule has 6 nitrogen and oxygen atoms in total. The number of carbonyl (C=O) groups is 2. The van der Waals surface area contributed by atoms with Crippen molar-refractivity contribution < 1.29 is 14.3 Å². The van der Waals surface area contributed by atoms with E-state index < -0.39 is 0 Å². The molecule has 1 aliphatic heterocycles. The molecule has 0 atom stereocenters. The number of ether oxygens (including phenoxy) is 1. The van der Waals surface area contributed by atoms with Crippen LogP contribution in [0.25, 0.3) is 0 Å². The van der Waals surface area contributed by atoms with Gasteiger partial charge in [0.15, 0.2) is 0 Å². The van der Waals surface area contributed by atoms with Gasteiger partial charge in [-0.15, -0.1) is 0 Å². The van der Waals surface area contributed by atoms with E-state index in [1.165, 1.54) is 0 Å². The third-order valence-corrected chi connectivity index (χ3v) is 5.28. The van der Waals surface area contributed by atoms with Gasteiger partial charge in [-0.2, -0.15) is 0 Å². The summed E-state index contributed by atoms with van der Waals surface area (Å²) < 4.78 is 5.18. The summed E-state index contributed by atoms with van der Waals surface area (Å²) in [6.45, 7) is 8.77. The van der Waals surface area contributed by atoms with E-state index in [1.807, 2.05) is 48.2 Å². The lowest BCUT2D eigenvalue weighted by Crippen LogP contribution is -2.50. The molecule has 0 unspecified atom stereocenters. The lowest BCUT2D eigenvalue weighted by atomic mass is 10.1. The molecule has 0 bridgehead atoms. The number of nitrogens with one attached hydrogen (secondary N) is 1. The molecule has 154 valence electrons. The number of benzene rings is 2. The molecule has 3 rings (SSSR count). The van der Waals surface area contributed by atoms with Gasteiger partial charge < -0.3 is 19.9 Å². The summed E-state index contributed by atoms with van der Waals surface area (Å²) in [7, 11) is 0. The first-order chi connectivity index (χ1) is 14.0. The highest BCUT2D eigenvalue weighted by molar-refractivity contribution is 5.96. The molecular formula is C23H29N3O3. The minimum absolute atomic E-state index is 0.0765. The van der Waals surface area contributed by atoms with Crippen molar-refractivity contribution in [3.8, 4) is 0 Å². The molecule has 0 saturated carbocycles. The normalized spacial score (nSPS) is 13.9. The fourth-order valence-corrected chi connectivity index (χ4v) is 3.67. The second kappa shape index (κ2) is 9.45. The Kier molecular flexibility index (Phi) is 6.75. The van der Waals surface area contributed by atoms with E-state index in [0.717, 1.165) is 28.9 Å². The number of hydrogen-bond acceptors (Lipinski definition) is 4. The number of hydrogen-bond donors (Lipinski definition) is 1. The minimum atomic E-state index is -0.310. The molecule has 6 heteroatoms. The molecule has 2 aromatic rings. The van der Waals surface area contributed by atoms with E-state index in [2.05, 4.69) is 17.1 Å². The van der Waals surface area contributed by atoms with Gasteiger partial charge in [0.2, 0.25) is 0 Å². The van der Waals surface area contributed by atoms with Gasteiger partial charge in [0, 0.05) is 31.9 Å². The zero-order valence-corrected chi connectivity index (χ0v) is 17.4. The van der Waals surface area contributed by atoms with Crippen LogP contribution in [0.1, 0.15) is 35.3 Å². The number of nitrogens with zero attached hydrogens (tertiary/aromatic N) is 2. The second-order valence-corrected chi connectivity index (χ2v) is 7.10. The zero-order valence-electron chi connectivity index (χ0n) is 17.4. The quantitative estimate of drug-likeness (QED) is 0.775. The van der Waals surface area contributed by atoms with Crippen LogP contribution in [0.2, 0.25) is 0 Å². The Balaban J connectivity index is 1.66. The molecule has 1 aliphatic rings. The van der Waals surface area contributed by atoms with Gasteiger partial charge in [-0.25, -0.2) is 9.59 Å². The van der Waals surface area contributed by atoms with Gasteiger partial charge in [-0.05, 0) is 43.5 Å². The van der Waals surface area contributed by atoms with E-state index >= 15 is 0 Å². The maximum Gasteiger partial charge on any atom is 0.340 e. The number of carbonyl (C=O) groups excluding carboxylic acids is 2. The Morgan fingerprint density at radius 3 is 2.41 bits per heavy atom. The predicted molar refractivity (Wildman–Crippen MR) is 116 cm³/mol. The van der Waals surface area contributed by atoms with Crippen molar-refractivity contribution in [2.45, 2.75) is 27.2 Å². The van der Waals surface area contributed by atoms with Crippen LogP contribution in [0.15, 0.2) is 42.5 Å². The molecule has 1 fully saturated rings. The highest BCUT2D eigenvalue weighted by Gasteiger charge is 2.25. The molecule has 29 heavy (non-hydrogen) atoms. The molecule has 1 heterocycles. The second-order valence-electron chi connectivity index (χ2n) is 7.10. The van der Waals surface area contributed by atoms with Gasteiger partial charge >= 0.3 is 12.0 Å². The largest absolute Gasteiger partial charge is 0.462 e. The lowest BCUT2D eigenvalue weighted by molar-refractivity contribution is 0.0527. The standard InChI is InChI=1S/C23H29N3O3/c1-4-18-10-8-9-17(3)21(18)24-23(28)26-15-13-25(14-16-26)20-12-7-6-11-19(20)22(27)29-5-2/h6-12H,4-5,13-16H2,1-3H3,(H,24,28). The zero-order chi connectivity index (χ0) is 20.8. The first-order valence-corrected chi connectivity index (χ1v) is 10.2. The smallest absolute Gasteiger partial charge is 0.340 e. The van der Waals surface area contributed by atoms with Crippen molar-refractivity contribution in [2.75, 3.05) is 43.0 Å². The minimum Gasteiger partial charge on any atom is -0.462 e. The number of amides is 2. The van der Waals surface area contributed by atoms with Crippen molar-refractivity contribution >= 4 is 23.4 Å². The molecule has 0 radical (unpaired) electrons. The highest BCUT2D eigenvalue weighted by atomic mass is 16.5. The summed E-state index contributed by atoms with van der Waals surface area (Å²) in [4.78, 5) is 29.0. The van der Waals surface area contributed by atoms with Crippen molar-refractivity contribution in [3.63, 3.8) is 0 Å². The Morgan fingerprint density at radius 2 is 1.72 bits per heavy atom. The van der Waals surface area contributed by atoms with Gasteiger partial charge in [0.25, 0.3) is 0 Å². The first kappa shape index (κ1) is 20.7. The lowest BCUT2D eigenvalue weighted by Gasteiger charge is -2.36. The summed E-state index contributed by atoms with van der Waals surface area (Å²) in [5.74, 6) is -0.310. The van der Waals surface area contributed by atoms with E-state index in [9.17, 15) is 9.59 Å². The van der Waals surface area contributed by atoms with Crippen molar-refractivity contribution in [3.05, 3.63) is 59.2 Å². The highest BCUT2D eigenvalue weighted by Crippen LogP contribution is 2.24. The molecular weight excluding hydrogens is 366 g/mol. The third kappa shape index (κ3) is 4.70. The van der Waals surface area contributed by atoms with E-state index in [0.29, 0.717) is 38.3 Å². The average molecular weight is 396 g/mol. The van der Waals surface area contributed by atoms with Crippen LogP contribution in [-0.4, -0.2) is 49.7 Å². The molecule has 1 saturated heterocycles. The van der Waals surface area contributed by atoms with E-state index in [1.54, 1.807) is 13.0 Å². The Labute approximate surface area is 172 Å². The Hall–Kier alpha value is -3.02. The topological polar surface area (TPSA) is 61.9 Å². The summed E-state index contributed by atoms with van der Waals surface area (Å²) in [5.41, 5.74) is 4.55. The van der Waals surface area contributed by atoms with E-state index in [-0.39, 0.29) is 12.0 Å². The van der Waals surface area contributed by atoms with Crippen LogP contribution in [-0.2, 0) is 11.2 Å². The first-order valence-electron chi connectivity index (χ1n) is 10.2. The number of para-hydroxylation sites is 2. The fraction of sp³-hybridized carbons (Fsp3) is 0.391. The van der Waals surface area contributed by atoms with E-state index in [4.69, 9.17) is 4.74 Å². The SMILES string of the molecule is CCOC(=O)c1ccccc1N1CCN(C(=O)Nc2c(C)cccc2CC)CC1. The predicted octanol–water partition coefficient (Wildman–Crippen LogP) is 4.09. The third-order valence-electron chi connectivity index (χ3n) is 5.28. The average Bonchev–Trinajstić information content (AvgIpc) is 2.75. The summed E-state index contributed by atoms with van der Waals surface area (Å²) >= 11 is 0. The fourth-order valence-electron chi connectivity index (χ4n) is 3.67. The van der Waals surface area contributed by atoms with Gasteiger partial charge in [0.1, 0.15) is 0 Å². The number of urea groups is 1. The number of anilines is 2. The number of esters is 1. The monoisotopic (exact) mass is 395 g/mol. The molecule has 0 aromatic heterocycles. The van der Waals surface area contributed by atoms with Crippen LogP contribution in [0, 0.1) is 6.92 Å². The van der Waals surface area contributed by atoms with Gasteiger partial charge in [0.05, 0.1) is 17.9 Å². The van der Waals surface area contributed by atoms with Crippen LogP contribution < -0.4 is 10.2 Å². The molecule has 2 amide bonds. The Bertz CT molecular complexity index is 873. The van der Waals surface area contributed by atoms with Gasteiger partial charge in [-0.3, -0.25) is 0 Å². The summed E-state index contributed by atoms with van der Waals surface area (Å²) in [5, 5.41) is 3.09. The molecule has 1 N–H and O–H groups in total. The summed E-state index contributed by atoms with van der Waals surface area (Å²) in [6, 6.07) is 13.5. The number of rotatable bonds is 5.